The fraction of sp³-hybridized carbons (Fsp3) is 0.375. The van der Waals surface area contributed by atoms with E-state index >= 15 is 0 Å². The maximum atomic E-state index is 13.9. The minimum Gasteiger partial charge on any atom is -0.354 e. The molecule has 0 aromatic heterocycles. The van der Waals surface area contributed by atoms with Crippen LogP contribution >= 0.6 is 0 Å². The number of unbranched alkanes of at least 4 members (excludes halogenated alkanes) is 1. The van der Waals surface area contributed by atoms with E-state index in [1.165, 1.54) is 29.2 Å². The molecule has 0 spiro atoms. The number of rotatable bonds is 13. The van der Waals surface area contributed by atoms with Gasteiger partial charge in [0.1, 0.15) is 18.4 Å². The van der Waals surface area contributed by atoms with E-state index in [2.05, 4.69) is 5.32 Å². The van der Waals surface area contributed by atoms with Crippen LogP contribution in [0.3, 0.4) is 0 Å². The molecule has 0 radical (unpaired) electrons. The normalized spacial score (nSPS) is 12.2. The van der Waals surface area contributed by atoms with Gasteiger partial charge in [0.25, 0.3) is 10.0 Å². The van der Waals surface area contributed by atoms with Crippen molar-refractivity contribution in [3.63, 3.8) is 0 Å². The van der Waals surface area contributed by atoms with Crippen LogP contribution < -0.4 is 9.62 Å². The highest BCUT2D eigenvalue weighted by Crippen LogP contribution is 2.27. The molecule has 220 valence electrons. The summed E-state index contributed by atoms with van der Waals surface area (Å²) in [6.07, 6.45) is 1.69. The molecular formula is C32H40FN3O4S. The molecule has 0 aliphatic rings. The highest BCUT2D eigenvalue weighted by atomic mass is 32.2. The lowest BCUT2D eigenvalue weighted by molar-refractivity contribution is -0.139. The molecule has 1 N–H and O–H groups in total. The van der Waals surface area contributed by atoms with Gasteiger partial charge in [-0.15, -0.1) is 0 Å². The number of carbonyl (C=O) groups is 2. The van der Waals surface area contributed by atoms with Crippen LogP contribution in [0, 0.1) is 12.7 Å². The Labute approximate surface area is 243 Å². The SMILES string of the molecule is CCCCNC(=O)C(C)N(Cc1ccc(F)cc1)C(=O)CN(c1ccc(C(C)C)cc1)S(=O)(=O)c1ccc(C)cc1. The summed E-state index contributed by atoms with van der Waals surface area (Å²) in [4.78, 5) is 28.4. The summed E-state index contributed by atoms with van der Waals surface area (Å²) < 4.78 is 42.5. The van der Waals surface area contributed by atoms with Crippen LogP contribution in [0.4, 0.5) is 10.1 Å². The summed E-state index contributed by atoms with van der Waals surface area (Å²) in [7, 11) is -4.14. The van der Waals surface area contributed by atoms with Crippen molar-refractivity contribution in [2.75, 3.05) is 17.4 Å². The van der Waals surface area contributed by atoms with Crippen LogP contribution in [0.5, 0.6) is 0 Å². The molecule has 3 aromatic carbocycles. The summed E-state index contributed by atoms with van der Waals surface area (Å²) in [5, 5.41) is 2.85. The molecule has 2 amide bonds. The van der Waals surface area contributed by atoms with E-state index in [0.29, 0.717) is 17.8 Å². The number of aryl methyl sites for hydroxylation is 1. The summed E-state index contributed by atoms with van der Waals surface area (Å²) in [5.41, 5.74) is 2.89. The Morgan fingerprint density at radius 2 is 1.51 bits per heavy atom. The third kappa shape index (κ3) is 8.39. The molecule has 0 aliphatic carbocycles. The fourth-order valence-electron chi connectivity index (χ4n) is 4.30. The van der Waals surface area contributed by atoms with E-state index in [4.69, 9.17) is 0 Å². The predicted molar refractivity (Wildman–Crippen MR) is 161 cm³/mol. The molecule has 3 rings (SSSR count). The predicted octanol–water partition coefficient (Wildman–Crippen LogP) is 5.79. The molecular weight excluding hydrogens is 541 g/mol. The number of carbonyl (C=O) groups excluding carboxylic acids is 2. The lowest BCUT2D eigenvalue weighted by Gasteiger charge is -2.32. The van der Waals surface area contributed by atoms with Crippen LogP contribution in [0.2, 0.25) is 0 Å². The Bertz CT molecular complexity index is 1410. The maximum absolute atomic E-state index is 13.9. The van der Waals surface area contributed by atoms with Gasteiger partial charge in [-0.05, 0) is 73.7 Å². The highest BCUT2D eigenvalue weighted by Gasteiger charge is 2.32. The first-order valence-corrected chi connectivity index (χ1v) is 15.4. The molecule has 41 heavy (non-hydrogen) atoms. The first-order chi connectivity index (χ1) is 19.4. The van der Waals surface area contributed by atoms with E-state index in [-0.39, 0.29) is 23.3 Å². The molecule has 3 aromatic rings. The third-order valence-corrected chi connectivity index (χ3v) is 8.79. The van der Waals surface area contributed by atoms with Crippen molar-refractivity contribution in [3.8, 4) is 0 Å². The number of amides is 2. The van der Waals surface area contributed by atoms with Gasteiger partial charge in [-0.2, -0.15) is 0 Å². The van der Waals surface area contributed by atoms with Gasteiger partial charge in [0, 0.05) is 13.1 Å². The Hall–Kier alpha value is -3.72. The zero-order valence-electron chi connectivity index (χ0n) is 24.4. The minimum atomic E-state index is -4.14. The molecule has 0 saturated heterocycles. The van der Waals surface area contributed by atoms with Gasteiger partial charge in [0.15, 0.2) is 0 Å². The lowest BCUT2D eigenvalue weighted by atomic mass is 10.0. The molecule has 0 aliphatic heterocycles. The van der Waals surface area contributed by atoms with E-state index in [1.54, 1.807) is 43.3 Å². The van der Waals surface area contributed by atoms with Crippen molar-refractivity contribution in [2.24, 2.45) is 0 Å². The molecule has 1 atom stereocenters. The van der Waals surface area contributed by atoms with Gasteiger partial charge in [-0.3, -0.25) is 13.9 Å². The number of nitrogens with one attached hydrogen (secondary N) is 1. The fourth-order valence-corrected chi connectivity index (χ4v) is 5.71. The topological polar surface area (TPSA) is 86.8 Å². The van der Waals surface area contributed by atoms with Crippen LogP contribution in [0.15, 0.2) is 77.7 Å². The molecule has 1 unspecified atom stereocenters. The number of nitrogens with zero attached hydrogens (tertiary/aromatic N) is 2. The van der Waals surface area contributed by atoms with Crippen molar-refractivity contribution < 1.29 is 22.4 Å². The van der Waals surface area contributed by atoms with Gasteiger partial charge < -0.3 is 10.2 Å². The van der Waals surface area contributed by atoms with Crippen LogP contribution in [0.1, 0.15) is 63.1 Å². The number of sulfonamides is 1. The maximum Gasteiger partial charge on any atom is 0.264 e. The summed E-state index contributed by atoms with van der Waals surface area (Å²) in [5.74, 6) is -1.08. The summed E-state index contributed by atoms with van der Waals surface area (Å²) in [6, 6.07) is 18.3. The van der Waals surface area contributed by atoms with Crippen LogP contribution in [-0.2, 0) is 26.2 Å². The van der Waals surface area contributed by atoms with Gasteiger partial charge in [0.2, 0.25) is 11.8 Å². The largest absolute Gasteiger partial charge is 0.354 e. The monoisotopic (exact) mass is 581 g/mol. The lowest BCUT2D eigenvalue weighted by Crippen LogP contribution is -2.51. The van der Waals surface area contributed by atoms with Gasteiger partial charge >= 0.3 is 0 Å². The van der Waals surface area contributed by atoms with E-state index < -0.39 is 34.3 Å². The smallest absolute Gasteiger partial charge is 0.264 e. The number of anilines is 1. The van der Waals surface area contributed by atoms with Crippen molar-refractivity contribution in [1.29, 1.82) is 0 Å². The van der Waals surface area contributed by atoms with Crippen molar-refractivity contribution in [3.05, 3.63) is 95.3 Å². The van der Waals surface area contributed by atoms with Gasteiger partial charge in [-0.1, -0.05) is 69.2 Å². The van der Waals surface area contributed by atoms with Gasteiger partial charge in [0.05, 0.1) is 10.6 Å². The Balaban J connectivity index is 2.01. The van der Waals surface area contributed by atoms with Crippen molar-refractivity contribution in [2.45, 2.75) is 70.9 Å². The Morgan fingerprint density at radius 1 is 0.902 bits per heavy atom. The van der Waals surface area contributed by atoms with E-state index in [9.17, 15) is 22.4 Å². The van der Waals surface area contributed by atoms with Crippen LogP contribution in [-0.4, -0.2) is 44.3 Å². The number of benzene rings is 3. The zero-order chi connectivity index (χ0) is 30.2. The minimum absolute atomic E-state index is 0.00614. The molecule has 7 nitrogen and oxygen atoms in total. The number of hydrogen-bond acceptors (Lipinski definition) is 4. The first-order valence-electron chi connectivity index (χ1n) is 13.9. The average Bonchev–Trinajstić information content (AvgIpc) is 2.95. The molecule has 9 heteroatoms. The second kappa shape index (κ2) is 14.3. The second-order valence-electron chi connectivity index (χ2n) is 10.5. The standard InChI is InChI=1S/C32H40FN3O4S/c1-6-7-20-34-32(38)25(5)35(21-26-10-14-28(33)15-11-26)31(37)22-36(29-16-12-27(13-17-29)23(2)3)41(39,40)30-18-8-24(4)9-19-30/h8-19,23,25H,6-7,20-22H2,1-5H3,(H,34,38). The Kier molecular flexibility index (Phi) is 11.1. The summed E-state index contributed by atoms with van der Waals surface area (Å²) in [6.45, 7) is 9.52. The Morgan fingerprint density at radius 3 is 2.07 bits per heavy atom. The third-order valence-electron chi connectivity index (χ3n) is 7.00. The molecule has 0 heterocycles. The number of hydrogen-bond donors (Lipinski definition) is 1. The average molecular weight is 582 g/mol. The van der Waals surface area contributed by atoms with Crippen molar-refractivity contribution in [1.82, 2.24) is 10.2 Å². The highest BCUT2D eigenvalue weighted by molar-refractivity contribution is 7.92. The molecule has 0 saturated carbocycles. The van der Waals surface area contributed by atoms with E-state index in [1.807, 2.05) is 39.8 Å². The quantitative estimate of drug-likeness (QED) is 0.259. The number of halogens is 1. The van der Waals surface area contributed by atoms with Crippen molar-refractivity contribution >= 4 is 27.5 Å². The van der Waals surface area contributed by atoms with E-state index in [0.717, 1.165) is 28.3 Å². The second-order valence-corrected chi connectivity index (χ2v) is 12.4. The van der Waals surface area contributed by atoms with Gasteiger partial charge in [-0.25, -0.2) is 12.8 Å². The molecule has 0 fully saturated rings. The summed E-state index contributed by atoms with van der Waals surface area (Å²) >= 11 is 0. The first kappa shape index (κ1) is 31.8. The molecule has 0 bridgehead atoms. The van der Waals surface area contributed by atoms with Crippen LogP contribution in [0.25, 0.3) is 0 Å². The zero-order valence-corrected chi connectivity index (χ0v) is 25.2.